The maximum Gasteiger partial charge on any atom is 0.173 e. The third kappa shape index (κ3) is 3.70. The van der Waals surface area contributed by atoms with Gasteiger partial charge in [-0.05, 0) is 38.6 Å². The van der Waals surface area contributed by atoms with Gasteiger partial charge in [0.1, 0.15) is 11.5 Å². The minimum atomic E-state index is -1.10. The zero-order chi connectivity index (χ0) is 20.7. The molecule has 2 aliphatic rings. The first kappa shape index (κ1) is 19.2. The smallest absolute Gasteiger partial charge is 0.173 e. The van der Waals surface area contributed by atoms with E-state index in [0.29, 0.717) is 23.3 Å². The highest BCUT2D eigenvalue weighted by molar-refractivity contribution is 5.52. The Morgan fingerprint density at radius 1 is 1.27 bits per heavy atom. The quantitative estimate of drug-likeness (QED) is 0.555. The first-order valence-corrected chi connectivity index (χ1v) is 10.5. The SMILES string of the molecule is Cc1cn2cc(NC(O)c3cnc(N4CCC(C5CCCN5)C4)cn3)cc(F)c2n1. The Morgan fingerprint density at radius 2 is 2.17 bits per heavy atom. The first-order chi connectivity index (χ1) is 14.6. The number of aliphatic hydroxyl groups excluding tert-OH is 1. The fourth-order valence-corrected chi connectivity index (χ4v) is 4.56. The molecule has 8 nitrogen and oxygen atoms in total. The Hall–Kier alpha value is -2.78. The van der Waals surface area contributed by atoms with Gasteiger partial charge >= 0.3 is 0 Å². The Bertz CT molecular complexity index is 1030. The average molecular weight is 411 g/mol. The van der Waals surface area contributed by atoms with Crippen LogP contribution in [0, 0.1) is 18.7 Å². The van der Waals surface area contributed by atoms with Gasteiger partial charge in [-0.3, -0.25) is 4.98 Å². The van der Waals surface area contributed by atoms with Crippen LogP contribution < -0.4 is 15.5 Å². The molecule has 3 aromatic heterocycles. The van der Waals surface area contributed by atoms with Crippen molar-refractivity contribution in [1.29, 1.82) is 0 Å². The van der Waals surface area contributed by atoms with E-state index in [9.17, 15) is 9.50 Å². The maximum atomic E-state index is 14.2. The van der Waals surface area contributed by atoms with E-state index in [1.54, 1.807) is 36.1 Å². The summed E-state index contributed by atoms with van der Waals surface area (Å²) in [7, 11) is 0. The first-order valence-electron chi connectivity index (χ1n) is 10.5. The van der Waals surface area contributed by atoms with E-state index in [1.165, 1.54) is 18.9 Å². The zero-order valence-electron chi connectivity index (χ0n) is 16.9. The third-order valence-corrected chi connectivity index (χ3v) is 6.08. The molecule has 0 aromatic carbocycles. The molecule has 5 heterocycles. The van der Waals surface area contributed by atoms with Crippen molar-refractivity contribution >= 4 is 17.2 Å². The molecule has 3 aromatic rings. The zero-order valence-corrected chi connectivity index (χ0v) is 16.9. The van der Waals surface area contributed by atoms with Gasteiger partial charge < -0.3 is 25.0 Å². The van der Waals surface area contributed by atoms with E-state index in [4.69, 9.17) is 0 Å². The lowest BCUT2D eigenvalue weighted by atomic mass is 9.98. The molecule has 9 heteroatoms. The molecule has 2 fully saturated rings. The predicted molar refractivity (Wildman–Crippen MR) is 112 cm³/mol. The molecule has 0 bridgehead atoms. The molecule has 2 aliphatic heterocycles. The second-order valence-electron chi connectivity index (χ2n) is 8.23. The average Bonchev–Trinajstić information content (AvgIpc) is 3.48. The Kier molecular flexibility index (Phi) is 5.00. The van der Waals surface area contributed by atoms with Gasteiger partial charge in [-0.15, -0.1) is 0 Å². The van der Waals surface area contributed by atoms with Crippen molar-refractivity contribution in [2.24, 2.45) is 5.92 Å². The van der Waals surface area contributed by atoms with E-state index in [-0.39, 0.29) is 5.65 Å². The number of hydrogen-bond acceptors (Lipinski definition) is 7. The fraction of sp³-hybridized carbons (Fsp3) is 0.476. The number of rotatable bonds is 5. The largest absolute Gasteiger partial charge is 0.368 e. The molecule has 5 rings (SSSR count). The van der Waals surface area contributed by atoms with Gasteiger partial charge in [-0.1, -0.05) is 0 Å². The molecule has 158 valence electrons. The number of imidazole rings is 1. The monoisotopic (exact) mass is 411 g/mol. The van der Waals surface area contributed by atoms with Crippen LogP contribution in [0.2, 0.25) is 0 Å². The molecule has 3 N–H and O–H groups in total. The van der Waals surface area contributed by atoms with Gasteiger partial charge in [0.2, 0.25) is 0 Å². The summed E-state index contributed by atoms with van der Waals surface area (Å²) in [6.07, 6.45) is 9.27. The van der Waals surface area contributed by atoms with E-state index in [0.717, 1.165) is 37.6 Å². The number of aliphatic hydroxyl groups is 1. The lowest BCUT2D eigenvalue weighted by molar-refractivity contribution is 0.202. The number of nitrogens with zero attached hydrogens (tertiary/aromatic N) is 5. The Morgan fingerprint density at radius 3 is 2.93 bits per heavy atom. The van der Waals surface area contributed by atoms with Crippen molar-refractivity contribution in [3.05, 3.63) is 48.1 Å². The summed E-state index contributed by atoms with van der Waals surface area (Å²) in [5, 5.41) is 17.0. The minimum Gasteiger partial charge on any atom is -0.368 e. The van der Waals surface area contributed by atoms with Gasteiger partial charge in [-0.25, -0.2) is 14.4 Å². The number of fused-ring (bicyclic) bond motifs is 1. The van der Waals surface area contributed by atoms with Crippen LogP contribution in [0.3, 0.4) is 0 Å². The molecule has 0 spiro atoms. The summed E-state index contributed by atoms with van der Waals surface area (Å²) in [5.74, 6) is 1.02. The number of pyridine rings is 1. The molecule has 0 radical (unpaired) electrons. The molecule has 0 saturated carbocycles. The summed E-state index contributed by atoms with van der Waals surface area (Å²) < 4.78 is 15.8. The highest BCUT2D eigenvalue weighted by atomic mass is 19.1. The van der Waals surface area contributed by atoms with E-state index in [1.807, 2.05) is 0 Å². The molecule has 3 atom stereocenters. The van der Waals surface area contributed by atoms with Crippen LogP contribution in [-0.2, 0) is 0 Å². The highest BCUT2D eigenvalue weighted by Crippen LogP contribution is 2.28. The summed E-state index contributed by atoms with van der Waals surface area (Å²) >= 11 is 0. The minimum absolute atomic E-state index is 0.258. The third-order valence-electron chi connectivity index (χ3n) is 6.08. The molecule has 3 unspecified atom stereocenters. The molecule has 0 amide bonds. The number of anilines is 2. The van der Waals surface area contributed by atoms with Crippen LogP contribution in [0.25, 0.3) is 5.65 Å². The topological polar surface area (TPSA) is 90.6 Å². The van der Waals surface area contributed by atoms with Crippen molar-refractivity contribution in [1.82, 2.24) is 24.7 Å². The number of nitrogens with one attached hydrogen (secondary N) is 2. The number of hydrogen-bond donors (Lipinski definition) is 3. The van der Waals surface area contributed by atoms with Crippen LogP contribution in [0.5, 0.6) is 0 Å². The van der Waals surface area contributed by atoms with Crippen molar-refractivity contribution in [3.63, 3.8) is 0 Å². The lowest BCUT2D eigenvalue weighted by Gasteiger charge is -2.21. The van der Waals surface area contributed by atoms with Gasteiger partial charge in [0.05, 0.1) is 23.8 Å². The van der Waals surface area contributed by atoms with Crippen LogP contribution in [0.1, 0.15) is 36.9 Å². The molecule has 2 saturated heterocycles. The van der Waals surface area contributed by atoms with Crippen LogP contribution in [0.15, 0.2) is 30.9 Å². The number of aryl methyl sites for hydroxylation is 1. The van der Waals surface area contributed by atoms with Gasteiger partial charge in [-0.2, -0.15) is 0 Å². The van der Waals surface area contributed by atoms with Crippen LogP contribution >= 0.6 is 0 Å². The number of aromatic nitrogens is 4. The highest BCUT2D eigenvalue weighted by Gasteiger charge is 2.31. The van der Waals surface area contributed by atoms with Crippen molar-refractivity contribution in [2.45, 2.75) is 38.5 Å². The summed E-state index contributed by atoms with van der Waals surface area (Å²) in [6, 6.07) is 1.93. The molecular formula is C21H26FN7O. The Labute approximate surface area is 174 Å². The maximum absolute atomic E-state index is 14.2. The van der Waals surface area contributed by atoms with Gasteiger partial charge in [0.25, 0.3) is 0 Å². The van der Waals surface area contributed by atoms with Gasteiger partial charge in [0.15, 0.2) is 17.7 Å². The molecular weight excluding hydrogens is 385 g/mol. The van der Waals surface area contributed by atoms with Crippen LogP contribution in [-0.4, -0.2) is 50.1 Å². The number of halogens is 1. The molecule has 0 aliphatic carbocycles. The van der Waals surface area contributed by atoms with Gasteiger partial charge in [0, 0.05) is 37.6 Å². The van der Waals surface area contributed by atoms with E-state index in [2.05, 4.69) is 30.5 Å². The van der Waals surface area contributed by atoms with Crippen molar-refractivity contribution in [3.8, 4) is 0 Å². The normalized spacial score (nSPS) is 22.7. The van der Waals surface area contributed by atoms with E-state index >= 15 is 0 Å². The van der Waals surface area contributed by atoms with Crippen molar-refractivity contribution in [2.75, 3.05) is 29.9 Å². The fourth-order valence-electron chi connectivity index (χ4n) is 4.56. The van der Waals surface area contributed by atoms with Crippen LogP contribution in [0.4, 0.5) is 15.9 Å². The molecule has 30 heavy (non-hydrogen) atoms. The summed E-state index contributed by atoms with van der Waals surface area (Å²) in [5.41, 5.74) is 1.80. The standard InChI is InChI=1S/C21H26FN7O/c1-13-10-29-12-15(7-16(22)20(29)26-13)27-21(30)18-8-25-19(9-24-18)28-6-4-14(11-28)17-3-2-5-23-17/h7-10,12,14,17,21,23,27,30H,2-6,11H2,1H3. The summed E-state index contributed by atoms with van der Waals surface area (Å²) in [4.78, 5) is 15.3. The van der Waals surface area contributed by atoms with E-state index < -0.39 is 12.0 Å². The second-order valence-corrected chi connectivity index (χ2v) is 8.23. The summed E-state index contributed by atoms with van der Waals surface area (Å²) in [6.45, 7) is 4.88. The van der Waals surface area contributed by atoms with Crippen molar-refractivity contribution < 1.29 is 9.50 Å². The second kappa shape index (κ2) is 7.81. The lowest BCUT2D eigenvalue weighted by Crippen LogP contribution is -2.32. The Balaban J connectivity index is 1.25. The predicted octanol–water partition coefficient (Wildman–Crippen LogP) is 2.25.